The molecule has 0 amide bonds. The standard InChI is InChI=1S/C9H14N2O/c1-2-9-3-4-11(9)5-8-6-12-7-10-8/h6-7,9H,2-5H2,1H3. The molecule has 1 saturated heterocycles. The molecule has 0 bridgehead atoms. The number of likely N-dealkylation sites (tertiary alicyclic amines) is 1. The Morgan fingerprint density at radius 1 is 1.75 bits per heavy atom. The minimum atomic E-state index is 0.779. The SMILES string of the molecule is CCC1CCN1Cc1cocn1. The summed E-state index contributed by atoms with van der Waals surface area (Å²) in [4.78, 5) is 6.54. The van der Waals surface area contributed by atoms with Gasteiger partial charge in [0.2, 0.25) is 0 Å². The van der Waals surface area contributed by atoms with Crippen molar-refractivity contribution in [3.8, 4) is 0 Å². The molecule has 1 aliphatic heterocycles. The summed E-state index contributed by atoms with van der Waals surface area (Å²) in [6.45, 7) is 4.40. The Kier molecular flexibility index (Phi) is 2.13. The van der Waals surface area contributed by atoms with Crippen molar-refractivity contribution in [1.82, 2.24) is 9.88 Å². The summed E-state index contributed by atoms with van der Waals surface area (Å²) in [7, 11) is 0. The summed E-state index contributed by atoms with van der Waals surface area (Å²) in [5.41, 5.74) is 1.05. The van der Waals surface area contributed by atoms with Gasteiger partial charge in [-0.15, -0.1) is 0 Å². The van der Waals surface area contributed by atoms with Gasteiger partial charge >= 0.3 is 0 Å². The zero-order valence-electron chi connectivity index (χ0n) is 7.36. The average Bonchev–Trinajstić information content (AvgIpc) is 2.51. The van der Waals surface area contributed by atoms with E-state index in [1.165, 1.54) is 25.8 Å². The molecular weight excluding hydrogens is 152 g/mol. The number of hydrogen-bond donors (Lipinski definition) is 0. The van der Waals surface area contributed by atoms with Gasteiger partial charge in [0.05, 0.1) is 5.69 Å². The van der Waals surface area contributed by atoms with Gasteiger partial charge in [-0.2, -0.15) is 0 Å². The molecule has 1 aliphatic rings. The van der Waals surface area contributed by atoms with Crippen LogP contribution in [0.15, 0.2) is 17.1 Å². The molecule has 0 spiro atoms. The van der Waals surface area contributed by atoms with Gasteiger partial charge in [-0.05, 0) is 12.8 Å². The summed E-state index contributed by atoms with van der Waals surface area (Å²) in [5.74, 6) is 0. The maximum atomic E-state index is 4.92. The van der Waals surface area contributed by atoms with E-state index in [-0.39, 0.29) is 0 Å². The van der Waals surface area contributed by atoms with Crippen LogP contribution in [0.2, 0.25) is 0 Å². The maximum absolute atomic E-state index is 4.92. The minimum absolute atomic E-state index is 0.779. The first kappa shape index (κ1) is 7.80. The Morgan fingerprint density at radius 3 is 3.17 bits per heavy atom. The van der Waals surface area contributed by atoms with E-state index < -0.39 is 0 Å². The fourth-order valence-corrected chi connectivity index (χ4v) is 1.69. The monoisotopic (exact) mass is 166 g/mol. The highest BCUT2D eigenvalue weighted by molar-refractivity contribution is 4.94. The quantitative estimate of drug-likeness (QED) is 0.683. The first-order valence-electron chi connectivity index (χ1n) is 4.51. The van der Waals surface area contributed by atoms with Gasteiger partial charge in [0.15, 0.2) is 6.39 Å². The Labute approximate surface area is 72.4 Å². The number of rotatable bonds is 3. The number of nitrogens with zero attached hydrogens (tertiary/aromatic N) is 2. The van der Waals surface area contributed by atoms with Crippen molar-refractivity contribution in [1.29, 1.82) is 0 Å². The normalized spacial score (nSPS) is 23.9. The summed E-state index contributed by atoms with van der Waals surface area (Å²) in [6, 6.07) is 0.779. The van der Waals surface area contributed by atoms with E-state index in [4.69, 9.17) is 4.42 Å². The molecule has 12 heavy (non-hydrogen) atoms. The van der Waals surface area contributed by atoms with Crippen molar-refractivity contribution in [3.05, 3.63) is 18.4 Å². The lowest BCUT2D eigenvalue weighted by Crippen LogP contribution is -2.46. The van der Waals surface area contributed by atoms with E-state index in [1.807, 2.05) is 0 Å². The molecule has 2 rings (SSSR count). The molecule has 1 unspecified atom stereocenters. The number of hydrogen-bond acceptors (Lipinski definition) is 3. The highest BCUT2D eigenvalue weighted by Gasteiger charge is 2.26. The molecule has 3 nitrogen and oxygen atoms in total. The minimum Gasteiger partial charge on any atom is -0.451 e. The van der Waals surface area contributed by atoms with Crippen molar-refractivity contribution < 1.29 is 4.42 Å². The van der Waals surface area contributed by atoms with Gasteiger partial charge in [0.1, 0.15) is 6.26 Å². The van der Waals surface area contributed by atoms with Crippen LogP contribution in [0.1, 0.15) is 25.5 Å². The van der Waals surface area contributed by atoms with E-state index in [0.717, 1.165) is 18.3 Å². The highest BCUT2D eigenvalue weighted by atomic mass is 16.3. The Hall–Kier alpha value is -0.830. The second kappa shape index (κ2) is 3.27. The summed E-state index contributed by atoms with van der Waals surface area (Å²) in [5, 5.41) is 0. The fraction of sp³-hybridized carbons (Fsp3) is 0.667. The van der Waals surface area contributed by atoms with E-state index in [1.54, 1.807) is 6.26 Å². The summed E-state index contributed by atoms with van der Waals surface area (Å²) in [6.07, 6.45) is 5.81. The summed E-state index contributed by atoms with van der Waals surface area (Å²) < 4.78 is 4.92. The average molecular weight is 166 g/mol. The zero-order chi connectivity index (χ0) is 8.39. The zero-order valence-corrected chi connectivity index (χ0v) is 7.36. The molecule has 2 heterocycles. The summed E-state index contributed by atoms with van der Waals surface area (Å²) >= 11 is 0. The van der Waals surface area contributed by atoms with Gasteiger partial charge in [0.25, 0.3) is 0 Å². The van der Waals surface area contributed by atoms with Crippen LogP contribution < -0.4 is 0 Å². The molecule has 0 aliphatic carbocycles. The molecule has 3 heteroatoms. The molecular formula is C9H14N2O. The molecule has 0 aromatic carbocycles. The van der Waals surface area contributed by atoms with Crippen molar-refractivity contribution in [3.63, 3.8) is 0 Å². The van der Waals surface area contributed by atoms with Gasteiger partial charge in [-0.1, -0.05) is 6.92 Å². The third-order valence-electron chi connectivity index (χ3n) is 2.59. The topological polar surface area (TPSA) is 29.3 Å². The first-order chi connectivity index (χ1) is 5.90. The van der Waals surface area contributed by atoms with Crippen molar-refractivity contribution >= 4 is 0 Å². The fourth-order valence-electron chi connectivity index (χ4n) is 1.69. The second-order valence-electron chi connectivity index (χ2n) is 3.30. The highest BCUT2D eigenvalue weighted by Crippen LogP contribution is 2.21. The van der Waals surface area contributed by atoms with Crippen molar-refractivity contribution in [2.45, 2.75) is 32.4 Å². The third-order valence-corrected chi connectivity index (χ3v) is 2.59. The maximum Gasteiger partial charge on any atom is 0.180 e. The molecule has 66 valence electrons. The van der Waals surface area contributed by atoms with Crippen LogP contribution in [-0.4, -0.2) is 22.5 Å². The van der Waals surface area contributed by atoms with Gasteiger partial charge in [-0.25, -0.2) is 4.98 Å². The number of oxazole rings is 1. The molecule has 0 radical (unpaired) electrons. The lowest BCUT2D eigenvalue weighted by Gasteiger charge is -2.39. The Bertz CT molecular complexity index is 231. The van der Waals surface area contributed by atoms with Crippen LogP contribution >= 0.6 is 0 Å². The van der Waals surface area contributed by atoms with Crippen molar-refractivity contribution in [2.24, 2.45) is 0 Å². The predicted octanol–water partition coefficient (Wildman–Crippen LogP) is 1.66. The van der Waals surface area contributed by atoms with Crippen molar-refractivity contribution in [2.75, 3.05) is 6.54 Å². The van der Waals surface area contributed by atoms with Crippen LogP contribution in [0.25, 0.3) is 0 Å². The van der Waals surface area contributed by atoms with E-state index >= 15 is 0 Å². The van der Waals surface area contributed by atoms with E-state index in [9.17, 15) is 0 Å². The van der Waals surface area contributed by atoms with Gasteiger partial charge in [-0.3, -0.25) is 4.90 Å². The van der Waals surface area contributed by atoms with E-state index in [2.05, 4.69) is 16.8 Å². The van der Waals surface area contributed by atoms with Gasteiger partial charge < -0.3 is 4.42 Å². The second-order valence-corrected chi connectivity index (χ2v) is 3.30. The lowest BCUT2D eigenvalue weighted by molar-refractivity contribution is 0.0776. The molecule has 1 fully saturated rings. The van der Waals surface area contributed by atoms with Crippen LogP contribution in [0.4, 0.5) is 0 Å². The number of aromatic nitrogens is 1. The smallest absolute Gasteiger partial charge is 0.180 e. The van der Waals surface area contributed by atoms with Gasteiger partial charge in [0, 0.05) is 19.1 Å². The lowest BCUT2D eigenvalue weighted by atomic mass is 10.0. The van der Waals surface area contributed by atoms with E-state index in [0.29, 0.717) is 0 Å². The first-order valence-corrected chi connectivity index (χ1v) is 4.51. The van der Waals surface area contributed by atoms with Crippen LogP contribution in [0, 0.1) is 0 Å². The molecule has 0 saturated carbocycles. The molecule has 1 aromatic heterocycles. The predicted molar refractivity (Wildman–Crippen MR) is 45.6 cm³/mol. The largest absolute Gasteiger partial charge is 0.451 e. The third kappa shape index (κ3) is 1.37. The molecule has 1 atom stereocenters. The van der Waals surface area contributed by atoms with Crippen LogP contribution in [0.5, 0.6) is 0 Å². The molecule has 0 N–H and O–H groups in total. The Morgan fingerprint density at radius 2 is 2.67 bits per heavy atom. The molecule has 1 aromatic rings. The van der Waals surface area contributed by atoms with Crippen LogP contribution in [0.3, 0.4) is 0 Å². The van der Waals surface area contributed by atoms with Crippen LogP contribution in [-0.2, 0) is 6.54 Å². The Balaban J connectivity index is 1.88.